The molecule has 6 nitrogen and oxygen atoms in total. The van der Waals surface area contributed by atoms with Crippen molar-refractivity contribution in [1.29, 1.82) is 0 Å². The number of likely N-dealkylation sites (N-methyl/N-ethyl adjacent to an activating group) is 1. The second-order valence-electron chi connectivity index (χ2n) is 9.36. The molecule has 1 saturated heterocycles. The molecule has 1 fully saturated rings. The third kappa shape index (κ3) is 6.33. The number of aryl methyl sites for hydroxylation is 1. The minimum Gasteiger partial charge on any atom is -0.492 e. The predicted molar refractivity (Wildman–Crippen MR) is 130 cm³/mol. The van der Waals surface area contributed by atoms with Gasteiger partial charge in [0.15, 0.2) is 0 Å². The summed E-state index contributed by atoms with van der Waals surface area (Å²) in [6.45, 7) is 6.44. The normalized spacial score (nSPS) is 20.2. The molecule has 0 radical (unpaired) electrons. The summed E-state index contributed by atoms with van der Waals surface area (Å²) in [7, 11) is 1.90. The Labute approximate surface area is 197 Å². The number of nitrogens with one attached hydrogen (secondary N) is 1. The van der Waals surface area contributed by atoms with E-state index >= 15 is 0 Å². The fraction of sp³-hybridized carbons (Fsp3) is 0.556. The number of nitrogens with zero attached hydrogens (tertiary/aromatic N) is 2. The topological polar surface area (TPSA) is 63.7 Å². The van der Waals surface area contributed by atoms with Crippen LogP contribution in [0.1, 0.15) is 59.8 Å². The molecule has 0 spiro atoms. The van der Waals surface area contributed by atoms with Crippen molar-refractivity contribution in [3.05, 3.63) is 58.9 Å². The molecule has 1 aliphatic carbocycles. The quantitative estimate of drug-likeness (QED) is 0.624. The molecule has 1 aromatic heterocycles. The van der Waals surface area contributed by atoms with E-state index in [9.17, 15) is 4.79 Å². The molecule has 6 heteroatoms. The number of amides is 1. The maximum atomic E-state index is 13.0. The first kappa shape index (κ1) is 23.7. The number of benzene rings is 1. The Morgan fingerprint density at radius 3 is 2.91 bits per heavy atom. The van der Waals surface area contributed by atoms with Crippen LogP contribution in [0.15, 0.2) is 36.5 Å². The number of rotatable bonds is 9. The Hall–Kier alpha value is -2.44. The largest absolute Gasteiger partial charge is 0.492 e. The number of hydrogen-bond acceptors (Lipinski definition) is 5. The first-order valence-corrected chi connectivity index (χ1v) is 12.4. The molecular weight excluding hydrogens is 414 g/mol. The Morgan fingerprint density at radius 2 is 2.15 bits per heavy atom. The van der Waals surface area contributed by atoms with Gasteiger partial charge in [0, 0.05) is 32.8 Å². The summed E-state index contributed by atoms with van der Waals surface area (Å²) in [5.41, 5.74) is 4.58. The fourth-order valence-electron chi connectivity index (χ4n) is 4.78. The van der Waals surface area contributed by atoms with Crippen LogP contribution in [-0.2, 0) is 24.1 Å². The summed E-state index contributed by atoms with van der Waals surface area (Å²) in [6.07, 6.45) is 7.89. The van der Waals surface area contributed by atoms with Crippen molar-refractivity contribution < 1.29 is 14.3 Å². The molecule has 1 aliphatic heterocycles. The highest BCUT2D eigenvalue weighted by atomic mass is 16.5. The van der Waals surface area contributed by atoms with Crippen molar-refractivity contribution in [2.45, 2.75) is 58.0 Å². The maximum absolute atomic E-state index is 13.0. The monoisotopic (exact) mass is 451 g/mol. The van der Waals surface area contributed by atoms with Gasteiger partial charge in [0.2, 0.25) is 0 Å². The summed E-state index contributed by atoms with van der Waals surface area (Å²) in [4.78, 5) is 19.2. The van der Waals surface area contributed by atoms with E-state index in [1.54, 1.807) is 12.3 Å². The molecule has 0 saturated carbocycles. The lowest BCUT2D eigenvalue weighted by molar-refractivity contribution is 0.0547. The number of pyridine rings is 1. The molecule has 2 atom stereocenters. The van der Waals surface area contributed by atoms with E-state index in [-0.39, 0.29) is 11.9 Å². The van der Waals surface area contributed by atoms with Crippen LogP contribution in [0.3, 0.4) is 0 Å². The highest BCUT2D eigenvalue weighted by molar-refractivity contribution is 5.92. The lowest BCUT2D eigenvalue weighted by Gasteiger charge is -2.32. The van der Waals surface area contributed by atoms with Gasteiger partial charge in [0.05, 0.1) is 19.4 Å². The summed E-state index contributed by atoms with van der Waals surface area (Å²) >= 11 is 0. The van der Waals surface area contributed by atoms with E-state index < -0.39 is 0 Å². The van der Waals surface area contributed by atoms with Crippen molar-refractivity contribution in [2.24, 2.45) is 5.92 Å². The molecule has 1 aromatic carbocycles. The zero-order chi connectivity index (χ0) is 23.0. The van der Waals surface area contributed by atoms with Gasteiger partial charge in [-0.15, -0.1) is 0 Å². The van der Waals surface area contributed by atoms with Crippen molar-refractivity contribution in [3.63, 3.8) is 0 Å². The highest BCUT2D eigenvalue weighted by Gasteiger charge is 2.26. The molecule has 1 N–H and O–H groups in total. The minimum atomic E-state index is -0.0296. The summed E-state index contributed by atoms with van der Waals surface area (Å²) in [5.74, 6) is 1.32. The molecule has 1 unspecified atom stereocenters. The smallest absolute Gasteiger partial charge is 0.272 e. The minimum absolute atomic E-state index is 0.0296. The molecule has 4 rings (SSSR count). The number of carbonyl (C=O) groups is 1. The Balaban J connectivity index is 1.30. The Morgan fingerprint density at radius 1 is 1.24 bits per heavy atom. The molecule has 2 heterocycles. The van der Waals surface area contributed by atoms with Gasteiger partial charge in [0.1, 0.15) is 11.4 Å². The molecule has 2 aromatic rings. The average Bonchev–Trinajstić information content (AvgIpc) is 2.87. The van der Waals surface area contributed by atoms with Gasteiger partial charge in [-0.2, -0.15) is 0 Å². The van der Waals surface area contributed by atoms with Gasteiger partial charge in [-0.1, -0.05) is 25.1 Å². The van der Waals surface area contributed by atoms with Crippen LogP contribution in [0.25, 0.3) is 0 Å². The van der Waals surface area contributed by atoms with Crippen molar-refractivity contribution in [3.8, 4) is 5.75 Å². The van der Waals surface area contributed by atoms with E-state index in [0.717, 1.165) is 52.0 Å². The SMILES string of the molecule is CCCOc1ccc(C(=O)N(C)[C@H]2CCc3cc(CNCC4CCCOC4)ccc3C2)nc1. The van der Waals surface area contributed by atoms with Gasteiger partial charge in [-0.25, -0.2) is 4.98 Å². The molecule has 33 heavy (non-hydrogen) atoms. The summed E-state index contributed by atoms with van der Waals surface area (Å²) < 4.78 is 11.1. The second kappa shape index (κ2) is 11.6. The van der Waals surface area contributed by atoms with E-state index in [4.69, 9.17) is 9.47 Å². The van der Waals surface area contributed by atoms with Gasteiger partial charge in [-0.05, 0) is 73.3 Å². The van der Waals surface area contributed by atoms with Crippen LogP contribution < -0.4 is 10.1 Å². The van der Waals surface area contributed by atoms with Crippen LogP contribution in [0.5, 0.6) is 5.75 Å². The summed E-state index contributed by atoms with van der Waals surface area (Å²) in [6, 6.07) is 10.6. The van der Waals surface area contributed by atoms with E-state index in [0.29, 0.717) is 24.0 Å². The molecule has 0 bridgehead atoms. The number of carbonyl (C=O) groups excluding carboxylic acids is 1. The molecule has 1 amide bonds. The number of hydrogen-bond donors (Lipinski definition) is 1. The number of aromatic nitrogens is 1. The van der Waals surface area contributed by atoms with Crippen LogP contribution in [0.2, 0.25) is 0 Å². The predicted octanol–water partition coefficient (Wildman–Crippen LogP) is 4.02. The van der Waals surface area contributed by atoms with E-state index in [2.05, 4.69) is 35.4 Å². The van der Waals surface area contributed by atoms with Crippen molar-refractivity contribution in [1.82, 2.24) is 15.2 Å². The second-order valence-corrected chi connectivity index (χ2v) is 9.36. The third-order valence-corrected chi connectivity index (χ3v) is 6.79. The van der Waals surface area contributed by atoms with Crippen molar-refractivity contribution in [2.75, 3.05) is 33.4 Å². The number of ether oxygens (including phenoxy) is 2. The van der Waals surface area contributed by atoms with Crippen LogP contribution >= 0.6 is 0 Å². The van der Waals surface area contributed by atoms with Gasteiger partial charge in [-0.3, -0.25) is 4.79 Å². The lowest BCUT2D eigenvalue weighted by Crippen LogP contribution is -2.41. The first-order chi connectivity index (χ1) is 16.1. The van der Waals surface area contributed by atoms with Crippen LogP contribution in [0.4, 0.5) is 0 Å². The molecular formula is C27H37N3O3. The zero-order valence-corrected chi connectivity index (χ0v) is 20.0. The van der Waals surface area contributed by atoms with E-state index in [1.807, 2.05) is 18.0 Å². The van der Waals surface area contributed by atoms with Gasteiger partial charge < -0.3 is 19.7 Å². The van der Waals surface area contributed by atoms with Gasteiger partial charge >= 0.3 is 0 Å². The highest BCUT2D eigenvalue weighted by Crippen LogP contribution is 2.26. The van der Waals surface area contributed by atoms with Crippen molar-refractivity contribution >= 4 is 5.91 Å². The van der Waals surface area contributed by atoms with Gasteiger partial charge in [0.25, 0.3) is 5.91 Å². The first-order valence-electron chi connectivity index (χ1n) is 12.4. The summed E-state index contributed by atoms with van der Waals surface area (Å²) in [5, 5.41) is 3.60. The zero-order valence-electron chi connectivity index (χ0n) is 20.0. The average molecular weight is 452 g/mol. The fourth-order valence-corrected chi connectivity index (χ4v) is 4.78. The van der Waals surface area contributed by atoms with Crippen LogP contribution in [0, 0.1) is 5.92 Å². The van der Waals surface area contributed by atoms with E-state index in [1.165, 1.54) is 29.5 Å². The van der Waals surface area contributed by atoms with Crippen LogP contribution in [-0.4, -0.2) is 55.2 Å². The lowest BCUT2D eigenvalue weighted by atomic mass is 9.86. The molecule has 178 valence electrons. The third-order valence-electron chi connectivity index (χ3n) is 6.79. The maximum Gasteiger partial charge on any atom is 0.272 e. The Kier molecular flexibility index (Phi) is 8.35. The number of fused-ring (bicyclic) bond motifs is 1. The standard InChI is InChI=1S/C27H37N3O3/c1-3-12-33-25-10-11-26(29-18-25)27(31)30(2)24-9-8-22-14-20(6-7-23(22)15-24)16-28-17-21-5-4-13-32-19-21/h6-7,10-11,14,18,21,24,28H,3-5,8-9,12-13,15-17,19H2,1-2H3/t21?,24-/m0/s1. The molecule has 2 aliphatic rings. The Bertz CT molecular complexity index is 909.